The lowest BCUT2D eigenvalue weighted by atomic mass is 10.2. The molecular weight excluding hydrogens is 417 g/mol. The number of nitrogens with zero attached hydrogens (tertiary/aromatic N) is 3. The van der Waals surface area contributed by atoms with Crippen molar-refractivity contribution in [1.29, 1.82) is 0 Å². The van der Waals surface area contributed by atoms with Gasteiger partial charge >= 0.3 is 0 Å². The van der Waals surface area contributed by atoms with Crippen LogP contribution in [0.2, 0.25) is 0 Å². The highest BCUT2D eigenvalue weighted by atomic mass is 79.9. The summed E-state index contributed by atoms with van der Waals surface area (Å²) < 4.78 is 14.4. The molecule has 27 heavy (non-hydrogen) atoms. The van der Waals surface area contributed by atoms with E-state index >= 15 is 0 Å². The molecule has 2 aromatic carbocycles. The number of amides is 1. The fourth-order valence-electron chi connectivity index (χ4n) is 2.88. The topological polar surface area (TPSA) is 66.8 Å². The van der Waals surface area contributed by atoms with Gasteiger partial charge in [0.2, 0.25) is 5.91 Å². The number of carbonyl (C=O) groups excluding carboxylic acids is 1. The van der Waals surface area contributed by atoms with Gasteiger partial charge in [0.05, 0.1) is 13.1 Å². The summed E-state index contributed by atoms with van der Waals surface area (Å²) in [5.41, 5.74) is 0.530. The summed E-state index contributed by atoms with van der Waals surface area (Å²) in [5.74, 6) is -0.687. The Bertz CT molecular complexity index is 837. The minimum Gasteiger partial charge on any atom is -0.572 e. The number of hydrogen-bond donors (Lipinski definition) is 1. The molecule has 0 aromatic heterocycles. The highest BCUT2D eigenvalue weighted by molar-refractivity contribution is 9.10. The van der Waals surface area contributed by atoms with E-state index in [0.29, 0.717) is 23.1 Å². The van der Waals surface area contributed by atoms with Crippen LogP contribution < -0.4 is 4.92 Å². The molecule has 1 N–H and O–H groups in total. The minimum atomic E-state index is -1.59. The maximum absolute atomic E-state index is 13.8. The summed E-state index contributed by atoms with van der Waals surface area (Å²) in [6.45, 7) is 1.03. The molecule has 3 rings (SSSR count). The Morgan fingerprint density at radius 3 is 2.44 bits per heavy atom. The van der Waals surface area contributed by atoms with Gasteiger partial charge in [-0.1, -0.05) is 40.2 Å². The fraction of sp³-hybridized carbons (Fsp3) is 0.211. The highest BCUT2D eigenvalue weighted by Gasteiger charge is 2.32. The van der Waals surface area contributed by atoms with Gasteiger partial charge in [-0.3, -0.25) is 4.79 Å². The van der Waals surface area contributed by atoms with Crippen LogP contribution in [0.3, 0.4) is 0 Å². The van der Waals surface area contributed by atoms with E-state index in [2.05, 4.69) is 15.9 Å². The average molecular weight is 436 g/mol. The number of para-hydroxylation sites is 1. The Labute approximate surface area is 164 Å². The summed E-state index contributed by atoms with van der Waals surface area (Å²) in [6, 6.07) is 12.9. The van der Waals surface area contributed by atoms with Crippen LogP contribution in [-0.2, 0) is 4.79 Å². The van der Waals surface area contributed by atoms with Crippen molar-refractivity contribution >= 4 is 33.6 Å². The van der Waals surface area contributed by atoms with Crippen LogP contribution in [0, 0.1) is 11.0 Å². The van der Waals surface area contributed by atoms with Gasteiger partial charge in [0.15, 0.2) is 5.69 Å². The normalized spacial score (nSPS) is 17.9. The summed E-state index contributed by atoms with van der Waals surface area (Å²) in [6.07, 6.45) is 2.75. The number of quaternary nitrogens is 1. The predicted octanol–water partition coefficient (Wildman–Crippen LogP) is 3.56. The minimum absolute atomic E-state index is 0.211. The second-order valence-corrected chi connectivity index (χ2v) is 7.07. The molecule has 1 aliphatic heterocycles. The van der Waals surface area contributed by atoms with Gasteiger partial charge < -0.3 is 10.1 Å². The van der Waals surface area contributed by atoms with Gasteiger partial charge in [-0.05, 0) is 18.2 Å². The summed E-state index contributed by atoms with van der Waals surface area (Å²) in [4.78, 5) is 12.3. The number of carbonyl (C=O) groups is 1. The first-order valence-corrected chi connectivity index (χ1v) is 9.23. The van der Waals surface area contributed by atoms with Gasteiger partial charge in [-0.25, -0.2) is 4.39 Å². The second-order valence-electron chi connectivity index (χ2n) is 6.16. The number of piperazine rings is 1. The van der Waals surface area contributed by atoms with Crippen molar-refractivity contribution in [1.82, 2.24) is 14.8 Å². The first kappa shape index (κ1) is 19.7. The van der Waals surface area contributed by atoms with Gasteiger partial charge in [-0.15, -0.1) is 9.93 Å². The zero-order valence-electron chi connectivity index (χ0n) is 14.5. The molecule has 1 saturated heterocycles. The molecule has 1 unspecified atom stereocenters. The number of benzene rings is 2. The summed E-state index contributed by atoms with van der Waals surface area (Å²) in [5, 5.41) is 24.2. The molecule has 2 aromatic rings. The average Bonchev–Trinajstić information content (AvgIpc) is 2.68. The Morgan fingerprint density at radius 1 is 1.15 bits per heavy atom. The molecule has 1 atom stereocenters. The standard InChI is InChI=1S/C19H19BrFN3O3/c20-16-8-6-15(18(21)14-16)7-9-19(25)22-10-12-23(13-11-22)24(26,27)17-4-2-1-3-5-17/h1-9,14,26H,10-13H2/b9-7+. The predicted molar refractivity (Wildman–Crippen MR) is 105 cm³/mol. The zero-order valence-corrected chi connectivity index (χ0v) is 16.0. The number of hydrogen-bond acceptors (Lipinski definition) is 4. The molecule has 0 bridgehead atoms. The molecule has 1 fully saturated rings. The smallest absolute Gasteiger partial charge is 0.246 e. The molecule has 1 amide bonds. The molecular formula is C19H19BrFN3O3. The van der Waals surface area contributed by atoms with Crippen LogP contribution in [0.25, 0.3) is 6.08 Å². The third kappa shape index (κ3) is 4.60. The van der Waals surface area contributed by atoms with Crippen LogP contribution in [-0.4, -0.2) is 47.2 Å². The largest absolute Gasteiger partial charge is 0.572 e. The van der Waals surface area contributed by atoms with Gasteiger partial charge in [0, 0.05) is 41.3 Å². The Balaban J connectivity index is 1.60. The highest BCUT2D eigenvalue weighted by Crippen LogP contribution is 2.23. The van der Waals surface area contributed by atoms with Crippen molar-refractivity contribution in [2.45, 2.75) is 0 Å². The Morgan fingerprint density at radius 2 is 1.81 bits per heavy atom. The third-order valence-electron chi connectivity index (χ3n) is 4.41. The fourth-order valence-corrected chi connectivity index (χ4v) is 3.21. The van der Waals surface area contributed by atoms with E-state index in [0.717, 1.165) is 0 Å². The SMILES string of the molecule is O=C(/C=C/c1ccc(Br)cc1F)N1CCN([N+]([O-])(O)c2ccccc2)CC1. The van der Waals surface area contributed by atoms with Crippen molar-refractivity contribution in [3.63, 3.8) is 0 Å². The van der Waals surface area contributed by atoms with Gasteiger partial charge in [0.1, 0.15) is 5.82 Å². The van der Waals surface area contributed by atoms with Crippen molar-refractivity contribution < 1.29 is 14.4 Å². The zero-order chi connectivity index (χ0) is 19.4. The second kappa shape index (κ2) is 8.28. The molecule has 6 nitrogen and oxygen atoms in total. The summed E-state index contributed by atoms with van der Waals surface area (Å²) >= 11 is 3.19. The van der Waals surface area contributed by atoms with E-state index < -0.39 is 10.7 Å². The van der Waals surface area contributed by atoms with E-state index in [4.69, 9.17) is 0 Å². The van der Waals surface area contributed by atoms with Crippen molar-refractivity contribution in [3.8, 4) is 0 Å². The quantitative estimate of drug-likeness (QED) is 0.452. The number of rotatable bonds is 4. The van der Waals surface area contributed by atoms with E-state index in [1.807, 2.05) is 0 Å². The van der Waals surface area contributed by atoms with E-state index in [1.165, 1.54) is 23.2 Å². The van der Waals surface area contributed by atoms with Crippen LogP contribution >= 0.6 is 15.9 Å². The molecule has 1 aliphatic rings. The lowest BCUT2D eigenvalue weighted by molar-refractivity contribution is -0.204. The van der Waals surface area contributed by atoms with E-state index in [-0.39, 0.29) is 24.7 Å². The molecule has 1 heterocycles. The maximum atomic E-state index is 13.8. The molecule has 0 aliphatic carbocycles. The lowest BCUT2D eigenvalue weighted by Gasteiger charge is -2.44. The van der Waals surface area contributed by atoms with Crippen LogP contribution in [0.5, 0.6) is 0 Å². The van der Waals surface area contributed by atoms with E-state index in [9.17, 15) is 19.6 Å². The first-order valence-electron chi connectivity index (χ1n) is 8.44. The van der Waals surface area contributed by atoms with Gasteiger partial charge in [-0.2, -0.15) is 5.21 Å². The number of halogens is 2. The van der Waals surface area contributed by atoms with E-state index in [1.54, 1.807) is 47.4 Å². The molecule has 8 heteroatoms. The van der Waals surface area contributed by atoms with Crippen molar-refractivity contribution in [2.24, 2.45) is 0 Å². The lowest BCUT2D eigenvalue weighted by Crippen LogP contribution is -2.62. The molecule has 142 valence electrons. The maximum Gasteiger partial charge on any atom is 0.246 e. The van der Waals surface area contributed by atoms with Crippen LogP contribution in [0.4, 0.5) is 10.1 Å². The Kier molecular flexibility index (Phi) is 6.03. The summed E-state index contributed by atoms with van der Waals surface area (Å²) in [7, 11) is 0. The third-order valence-corrected chi connectivity index (χ3v) is 4.90. The van der Waals surface area contributed by atoms with Gasteiger partial charge in [0.25, 0.3) is 0 Å². The Hall–Kier alpha value is -2.10. The molecule has 0 saturated carbocycles. The van der Waals surface area contributed by atoms with Crippen LogP contribution in [0.1, 0.15) is 5.56 Å². The first-order chi connectivity index (χ1) is 12.9. The van der Waals surface area contributed by atoms with Crippen LogP contribution in [0.15, 0.2) is 59.1 Å². The molecule has 0 radical (unpaired) electrons. The molecule has 0 spiro atoms. The van der Waals surface area contributed by atoms with Crippen molar-refractivity contribution in [2.75, 3.05) is 26.2 Å². The van der Waals surface area contributed by atoms with Crippen molar-refractivity contribution in [3.05, 3.63) is 75.7 Å². The monoisotopic (exact) mass is 435 g/mol.